The van der Waals surface area contributed by atoms with Crippen molar-refractivity contribution in [2.75, 3.05) is 24.5 Å². The number of rotatable bonds is 15. The summed E-state index contributed by atoms with van der Waals surface area (Å²) in [4.78, 5) is 29.7. The van der Waals surface area contributed by atoms with Crippen LogP contribution in [0.5, 0.6) is 5.75 Å². The zero-order chi connectivity index (χ0) is 32.2. The molecule has 0 saturated carbocycles. The Balaban J connectivity index is 1.78. The van der Waals surface area contributed by atoms with Crippen LogP contribution >= 0.6 is 11.6 Å². The van der Waals surface area contributed by atoms with Gasteiger partial charge in [0, 0.05) is 24.5 Å². The van der Waals surface area contributed by atoms with Crippen LogP contribution in [0.2, 0.25) is 5.02 Å². The molecule has 4 aromatic carbocycles. The van der Waals surface area contributed by atoms with Crippen LogP contribution in [-0.2, 0) is 32.6 Å². The first kappa shape index (κ1) is 33.6. The number of hydrogen-bond acceptors (Lipinski definition) is 5. The number of sulfonamides is 1. The summed E-state index contributed by atoms with van der Waals surface area (Å²) in [6, 6.07) is 30.0. The number of unbranched alkanes of at least 4 members (excludes halogenated alkanes) is 1. The molecule has 1 N–H and O–H groups in total. The Morgan fingerprint density at radius 3 is 2.13 bits per heavy atom. The van der Waals surface area contributed by atoms with Crippen LogP contribution in [0.4, 0.5) is 5.69 Å². The highest BCUT2D eigenvalue weighted by Gasteiger charge is 2.34. The molecule has 0 aliphatic heterocycles. The Morgan fingerprint density at radius 2 is 1.51 bits per heavy atom. The average Bonchev–Trinajstić information content (AvgIpc) is 3.06. The molecular weight excluding hydrogens is 610 g/mol. The highest BCUT2D eigenvalue weighted by Crippen LogP contribution is 2.27. The predicted molar refractivity (Wildman–Crippen MR) is 178 cm³/mol. The van der Waals surface area contributed by atoms with Crippen molar-refractivity contribution in [1.29, 1.82) is 0 Å². The number of nitrogens with zero attached hydrogens (tertiary/aromatic N) is 2. The van der Waals surface area contributed by atoms with Gasteiger partial charge in [-0.05, 0) is 66.1 Å². The van der Waals surface area contributed by atoms with Gasteiger partial charge >= 0.3 is 0 Å². The second-order valence-corrected chi connectivity index (χ2v) is 12.8. The van der Waals surface area contributed by atoms with Gasteiger partial charge in [-0.3, -0.25) is 13.9 Å². The van der Waals surface area contributed by atoms with Gasteiger partial charge in [-0.1, -0.05) is 85.6 Å². The van der Waals surface area contributed by atoms with Crippen molar-refractivity contribution >= 4 is 39.1 Å². The zero-order valence-corrected chi connectivity index (χ0v) is 27.0. The molecule has 1 atom stereocenters. The number of carbonyl (C=O) groups is 2. The summed E-state index contributed by atoms with van der Waals surface area (Å²) in [5.74, 6) is -0.321. The molecule has 0 heterocycles. The van der Waals surface area contributed by atoms with Gasteiger partial charge in [0.05, 0.1) is 17.7 Å². The number of halogens is 1. The van der Waals surface area contributed by atoms with Gasteiger partial charge in [0.1, 0.15) is 18.3 Å². The van der Waals surface area contributed by atoms with Crippen molar-refractivity contribution in [1.82, 2.24) is 10.2 Å². The molecule has 0 saturated heterocycles. The van der Waals surface area contributed by atoms with E-state index >= 15 is 0 Å². The summed E-state index contributed by atoms with van der Waals surface area (Å²) in [6.07, 6.45) is 1.91. The number of amides is 2. The first-order valence-corrected chi connectivity index (χ1v) is 16.6. The van der Waals surface area contributed by atoms with Gasteiger partial charge in [0.15, 0.2) is 0 Å². The molecule has 236 valence electrons. The van der Waals surface area contributed by atoms with Crippen LogP contribution in [0.1, 0.15) is 30.9 Å². The molecule has 4 rings (SSSR count). The average molecular weight is 648 g/mol. The largest absolute Gasteiger partial charge is 0.497 e. The first-order valence-electron chi connectivity index (χ1n) is 14.8. The molecule has 10 heteroatoms. The highest BCUT2D eigenvalue weighted by atomic mass is 35.5. The molecule has 45 heavy (non-hydrogen) atoms. The van der Waals surface area contributed by atoms with E-state index in [1.54, 1.807) is 60.7 Å². The zero-order valence-electron chi connectivity index (χ0n) is 25.4. The minimum Gasteiger partial charge on any atom is -0.497 e. The third-order valence-corrected chi connectivity index (χ3v) is 9.34. The number of hydrogen-bond donors (Lipinski definition) is 1. The summed E-state index contributed by atoms with van der Waals surface area (Å²) in [5.41, 5.74) is 1.85. The summed E-state index contributed by atoms with van der Waals surface area (Å²) < 4.78 is 34.4. The lowest BCUT2D eigenvalue weighted by atomic mass is 10.0. The smallest absolute Gasteiger partial charge is 0.264 e. The molecular formula is C35H38ClN3O5S. The number of ether oxygens (including phenoxy) is 1. The van der Waals surface area contributed by atoms with Gasteiger partial charge in [-0.15, -0.1) is 0 Å². The number of nitrogens with one attached hydrogen (secondary N) is 1. The van der Waals surface area contributed by atoms with E-state index in [-0.39, 0.29) is 29.5 Å². The lowest BCUT2D eigenvalue weighted by Crippen LogP contribution is -2.53. The van der Waals surface area contributed by atoms with E-state index in [0.29, 0.717) is 22.9 Å². The summed E-state index contributed by atoms with van der Waals surface area (Å²) in [5, 5.41) is 3.47. The van der Waals surface area contributed by atoms with E-state index < -0.39 is 28.5 Å². The third-order valence-electron chi connectivity index (χ3n) is 7.31. The van der Waals surface area contributed by atoms with E-state index in [1.165, 1.54) is 24.1 Å². The third kappa shape index (κ3) is 9.09. The maximum atomic E-state index is 14.5. The maximum absolute atomic E-state index is 14.5. The topological polar surface area (TPSA) is 96.0 Å². The van der Waals surface area contributed by atoms with Crippen LogP contribution in [0.15, 0.2) is 114 Å². The fourth-order valence-electron chi connectivity index (χ4n) is 4.89. The van der Waals surface area contributed by atoms with Crippen molar-refractivity contribution in [3.63, 3.8) is 0 Å². The Morgan fingerprint density at radius 1 is 0.867 bits per heavy atom. The van der Waals surface area contributed by atoms with Crippen LogP contribution in [0.25, 0.3) is 0 Å². The van der Waals surface area contributed by atoms with Crippen molar-refractivity contribution < 1.29 is 22.7 Å². The van der Waals surface area contributed by atoms with E-state index in [1.807, 2.05) is 43.3 Å². The van der Waals surface area contributed by atoms with E-state index in [4.69, 9.17) is 16.3 Å². The van der Waals surface area contributed by atoms with Crippen LogP contribution < -0.4 is 14.4 Å². The fourth-order valence-corrected chi connectivity index (χ4v) is 6.54. The Kier molecular flexibility index (Phi) is 12.0. The summed E-state index contributed by atoms with van der Waals surface area (Å²) in [6.45, 7) is 1.99. The second kappa shape index (κ2) is 16.1. The van der Waals surface area contributed by atoms with Gasteiger partial charge < -0.3 is 15.0 Å². The molecule has 0 spiro atoms. The van der Waals surface area contributed by atoms with E-state index in [0.717, 1.165) is 22.7 Å². The highest BCUT2D eigenvalue weighted by molar-refractivity contribution is 7.92. The SMILES string of the molecule is CCCCNC(=O)[C@@H](Cc1ccccc1)N(Cc1cccc(Cl)c1)C(=O)CN(c1ccc(OC)cc1)S(=O)(=O)c1ccccc1. The van der Waals surface area contributed by atoms with Gasteiger partial charge in [-0.2, -0.15) is 0 Å². The number of carbonyl (C=O) groups excluding carboxylic acids is 2. The molecule has 0 radical (unpaired) electrons. The van der Waals surface area contributed by atoms with Crippen LogP contribution in [0.3, 0.4) is 0 Å². The second-order valence-electron chi connectivity index (χ2n) is 10.5. The lowest BCUT2D eigenvalue weighted by Gasteiger charge is -2.34. The number of anilines is 1. The minimum absolute atomic E-state index is 0.0353. The molecule has 4 aromatic rings. The Bertz CT molecular complexity index is 1650. The van der Waals surface area contributed by atoms with Gasteiger partial charge in [0.2, 0.25) is 11.8 Å². The molecule has 0 unspecified atom stereocenters. The normalized spacial score (nSPS) is 11.8. The summed E-state index contributed by atoms with van der Waals surface area (Å²) >= 11 is 6.30. The Hall–Kier alpha value is -4.34. The summed E-state index contributed by atoms with van der Waals surface area (Å²) in [7, 11) is -2.66. The molecule has 0 bridgehead atoms. The predicted octanol–water partition coefficient (Wildman–Crippen LogP) is 6.10. The van der Waals surface area contributed by atoms with Gasteiger partial charge in [0.25, 0.3) is 10.0 Å². The van der Waals surface area contributed by atoms with E-state index in [9.17, 15) is 18.0 Å². The van der Waals surface area contributed by atoms with Crippen LogP contribution in [0, 0.1) is 0 Å². The molecule has 8 nitrogen and oxygen atoms in total. The molecule has 0 aliphatic carbocycles. The molecule has 0 aliphatic rings. The van der Waals surface area contributed by atoms with E-state index in [2.05, 4.69) is 5.32 Å². The molecule has 2 amide bonds. The molecule has 0 aromatic heterocycles. The van der Waals surface area contributed by atoms with Gasteiger partial charge in [-0.25, -0.2) is 8.42 Å². The standard InChI is InChI=1S/C35H38ClN3O5S/c1-3-4-22-37-35(41)33(24-27-12-7-5-8-13-27)38(25-28-14-11-15-29(36)23-28)34(40)26-39(30-18-20-31(44-2)21-19-30)45(42,43)32-16-9-6-10-17-32/h5-21,23,33H,3-4,22,24-26H2,1-2H3,(H,37,41)/t33-/m1/s1. The fraction of sp³-hybridized carbons (Fsp3) is 0.257. The maximum Gasteiger partial charge on any atom is 0.264 e. The first-order chi connectivity index (χ1) is 21.7. The quantitative estimate of drug-likeness (QED) is 0.157. The lowest BCUT2D eigenvalue weighted by molar-refractivity contribution is -0.140. The minimum atomic E-state index is -4.18. The Labute approximate surface area is 270 Å². The number of methoxy groups -OCH3 is 1. The van der Waals surface area contributed by atoms with Crippen molar-refractivity contribution in [2.45, 2.75) is 43.7 Å². The van der Waals surface area contributed by atoms with Crippen molar-refractivity contribution in [3.05, 3.63) is 125 Å². The van der Waals surface area contributed by atoms with Crippen molar-refractivity contribution in [2.24, 2.45) is 0 Å². The number of benzene rings is 4. The molecule has 0 fully saturated rings. The van der Waals surface area contributed by atoms with Crippen molar-refractivity contribution in [3.8, 4) is 5.75 Å². The monoisotopic (exact) mass is 647 g/mol. The van der Waals surface area contributed by atoms with Crippen LogP contribution in [-0.4, -0.2) is 51.4 Å².